The van der Waals surface area contributed by atoms with Gasteiger partial charge in [0.2, 0.25) is 0 Å². The first-order chi connectivity index (χ1) is 12.6. The van der Waals surface area contributed by atoms with Gasteiger partial charge in [-0.2, -0.15) is 8.78 Å². The largest absolute Gasteiger partial charge is 0.491 e. The lowest BCUT2D eigenvalue weighted by molar-refractivity contribution is -0.0498. The molecule has 0 bridgehead atoms. The Balaban J connectivity index is 1.61. The summed E-state index contributed by atoms with van der Waals surface area (Å²) in [7, 11) is 0. The molecule has 5 nitrogen and oxygen atoms in total. The molecule has 1 aliphatic heterocycles. The number of halogens is 2. The van der Waals surface area contributed by atoms with Gasteiger partial charge in [0, 0.05) is 23.9 Å². The summed E-state index contributed by atoms with van der Waals surface area (Å²) in [5, 5.41) is 2.71. The number of alkyl halides is 2. The van der Waals surface area contributed by atoms with E-state index in [1.54, 1.807) is 24.3 Å². The quantitative estimate of drug-likeness (QED) is 0.805. The predicted octanol–water partition coefficient (Wildman–Crippen LogP) is 4.10. The van der Waals surface area contributed by atoms with Crippen LogP contribution in [0.2, 0.25) is 0 Å². The Bertz CT molecular complexity index is 748. The van der Waals surface area contributed by atoms with Crippen LogP contribution in [0.4, 0.5) is 14.5 Å². The molecule has 7 heteroatoms. The number of ether oxygens (including phenoxy) is 3. The molecule has 0 aromatic heterocycles. The van der Waals surface area contributed by atoms with Crippen molar-refractivity contribution in [2.45, 2.75) is 25.6 Å². The molecule has 2 aromatic rings. The van der Waals surface area contributed by atoms with Gasteiger partial charge < -0.3 is 19.5 Å². The van der Waals surface area contributed by atoms with Gasteiger partial charge in [0.05, 0.1) is 6.10 Å². The van der Waals surface area contributed by atoms with Crippen molar-refractivity contribution in [2.75, 3.05) is 18.5 Å². The minimum absolute atomic E-state index is 0.0682. The van der Waals surface area contributed by atoms with Gasteiger partial charge >= 0.3 is 6.61 Å². The number of anilines is 1. The molecule has 2 aromatic carbocycles. The van der Waals surface area contributed by atoms with Crippen LogP contribution in [0.1, 0.15) is 23.2 Å². The molecule has 138 valence electrons. The molecule has 1 unspecified atom stereocenters. The van der Waals surface area contributed by atoms with Crippen molar-refractivity contribution in [2.24, 2.45) is 0 Å². The number of carbonyl (C=O) groups excluding carboxylic acids is 1. The van der Waals surface area contributed by atoms with E-state index in [2.05, 4.69) is 10.1 Å². The van der Waals surface area contributed by atoms with Gasteiger partial charge in [-0.25, -0.2) is 0 Å². The van der Waals surface area contributed by atoms with Crippen molar-refractivity contribution in [3.63, 3.8) is 0 Å². The van der Waals surface area contributed by atoms with Crippen LogP contribution >= 0.6 is 0 Å². The Morgan fingerprint density at radius 3 is 2.77 bits per heavy atom. The Hall–Kier alpha value is -2.67. The normalized spacial score (nSPS) is 16.5. The van der Waals surface area contributed by atoms with E-state index in [0.717, 1.165) is 19.4 Å². The Kier molecular flexibility index (Phi) is 6.01. The third kappa shape index (κ3) is 5.16. The van der Waals surface area contributed by atoms with Gasteiger partial charge in [-0.1, -0.05) is 12.1 Å². The minimum atomic E-state index is -2.94. The lowest BCUT2D eigenvalue weighted by atomic mass is 10.2. The van der Waals surface area contributed by atoms with Crippen LogP contribution in [-0.2, 0) is 4.74 Å². The van der Waals surface area contributed by atoms with Crippen molar-refractivity contribution >= 4 is 11.6 Å². The van der Waals surface area contributed by atoms with E-state index < -0.39 is 12.5 Å². The van der Waals surface area contributed by atoms with Crippen molar-refractivity contribution in [1.29, 1.82) is 0 Å². The fourth-order valence-electron chi connectivity index (χ4n) is 2.65. The molecule has 1 aliphatic rings. The number of rotatable bonds is 7. The highest BCUT2D eigenvalue weighted by Gasteiger charge is 2.16. The Labute approximate surface area is 149 Å². The third-order valence-corrected chi connectivity index (χ3v) is 3.87. The van der Waals surface area contributed by atoms with E-state index >= 15 is 0 Å². The molecule has 0 saturated carbocycles. The predicted molar refractivity (Wildman–Crippen MR) is 91.9 cm³/mol. The molecule has 1 saturated heterocycles. The zero-order chi connectivity index (χ0) is 18.4. The zero-order valence-corrected chi connectivity index (χ0v) is 14.0. The van der Waals surface area contributed by atoms with Crippen molar-refractivity contribution in [3.8, 4) is 11.5 Å². The first-order valence-electron chi connectivity index (χ1n) is 8.31. The number of carbonyl (C=O) groups is 1. The first-order valence-corrected chi connectivity index (χ1v) is 8.31. The molecular formula is C19H19F2NO4. The summed E-state index contributed by atoms with van der Waals surface area (Å²) in [6.07, 6.45) is 2.12. The SMILES string of the molecule is O=C(Nc1cccc(OCC2CCCO2)c1)c1cccc(OC(F)F)c1. The molecule has 1 atom stereocenters. The van der Waals surface area contributed by atoms with Crippen LogP contribution in [-0.4, -0.2) is 31.8 Å². The van der Waals surface area contributed by atoms with Gasteiger partial charge in [-0.3, -0.25) is 4.79 Å². The second-order valence-corrected chi connectivity index (χ2v) is 5.83. The van der Waals surface area contributed by atoms with Crippen LogP contribution in [0.25, 0.3) is 0 Å². The zero-order valence-electron chi connectivity index (χ0n) is 14.0. The monoisotopic (exact) mass is 363 g/mol. The maximum absolute atomic E-state index is 12.3. The number of hydrogen-bond acceptors (Lipinski definition) is 4. The second-order valence-electron chi connectivity index (χ2n) is 5.83. The molecule has 0 radical (unpaired) electrons. The third-order valence-electron chi connectivity index (χ3n) is 3.87. The van der Waals surface area contributed by atoms with Gasteiger partial charge in [-0.05, 0) is 43.2 Å². The van der Waals surface area contributed by atoms with E-state index in [1.165, 1.54) is 24.3 Å². The Morgan fingerprint density at radius 2 is 2.00 bits per heavy atom. The fraction of sp³-hybridized carbons (Fsp3) is 0.316. The smallest absolute Gasteiger partial charge is 0.387 e. The molecular weight excluding hydrogens is 344 g/mol. The maximum atomic E-state index is 12.3. The van der Waals surface area contributed by atoms with Crippen LogP contribution in [0.3, 0.4) is 0 Å². The average molecular weight is 363 g/mol. The highest BCUT2D eigenvalue weighted by Crippen LogP contribution is 2.21. The van der Waals surface area contributed by atoms with Gasteiger partial charge in [0.1, 0.15) is 18.1 Å². The van der Waals surface area contributed by atoms with Gasteiger partial charge in [0.15, 0.2) is 0 Å². The van der Waals surface area contributed by atoms with E-state index in [-0.39, 0.29) is 17.4 Å². The number of amides is 1. The van der Waals surface area contributed by atoms with Crippen LogP contribution in [0.15, 0.2) is 48.5 Å². The number of hydrogen-bond donors (Lipinski definition) is 1. The molecule has 1 heterocycles. The van der Waals surface area contributed by atoms with Crippen molar-refractivity contribution < 1.29 is 27.8 Å². The molecule has 1 N–H and O–H groups in total. The molecule has 3 rings (SSSR count). The van der Waals surface area contributed by atoms with Gasteiger partial charge in [-0.15, -0.1) is 0 Å². The number of benzene rings is 2. The van der Waals surface area contributed by atoms with E-state index in [4.69, 9.17) is 9.47 Å². The summed E-state index contributed by atoms with van der Waals surface area (Å²) in [5.74, 6) is 0.121. The molecule has 0 aliphatic carbocycles. The first kappa shape index (κ1) is 18.1. The summed E-state index contributed by atoms with van der Waals surface area (Å²) < 4.78 is 40.1. The summed E-state index contributed by atoms with van der Waals surface area (Å²) in [5.41, 5.74) is 0.758. The summed E-state index contributed by atoms with van der Waals surface area (Å²) in [6, 6.07) is 12.6. The van der Waals surface area contributed by atoms with Crippen LogP contribution in [0.5, 0.6) is 11.5 Å². The Morgan fingerprint density at radius 1 is 1.19 bits per heavy atom. The van der Waals surface area contributed by atoms with Crippen LogP contribution in [0, 0.1) is 0 Å². The standard InChI is InChI=1S/C19H19F2NO4/c20-19(21)26-16-7-1-4-13(10-16)18(23)22-14-5-2-6-15(11-14)25-12-17-8-3-9-24-17/h1-2,4-7,10-11,17,19H,3,8-9,12H2,(H,22,23). The molecule has 0 spiro atoms. The molecule has 26 heavy (non-hydrogen) atoms. The minimum Gasteiger partial charge on any atom is -0.491 e. The molecule has 1 amide bonds. The summed E-state index contributed by atoms with van der Waals surface area (Å²) in [6.45, 7) is -1.71. The lowest BCUT2D eigenvalue weighted by Gasteiger charge is -2.13. The highest BCUT2D eigenvalue weighted by atomic mass is 19.3. The summed E-state index contributed by atoms with van der Waals surface area (Å²) >= 11 is 0. The molecule has 1 fully saturated rings. The van der Waals surface area contributed by atoms with E-state index in [0.29, 0.717) is 18.0 Å². The van der Waals surface area contributed by atoms with Crippen molar-refractivity contribution in [1.82, 2.24) is 0 Å². The highest BCUT2D eigenvalue weighted by molar-refractivity contribution is 6.04. The average Bonchev–Trinajstić information content (AvgIpc) is 3.13. The van der Waals surface area contributed by atoms with Crippen molar-refractivity contribution in [3.05, 3.63) is 54.1 Å². The maximum Gasteiger partial charge on any atom is 0.387 e. The van der Waals surface area contributed by atoms with E-state index in [1.807, 2.05) is 0 Å². The lowest BCUT2D eigenvalue weighted by Crippen LogP contribution is -2.16. The second kappa shape index (κ2) is 8.62. The fourth-order valence-corrected chi connectivity index (χ4v) is 2.65. The summed E-state index contributed by atoms with van der Waals surface area (Å²) in [4.78, 5) is 12.3. The number of nitrogens with one attached hydrogen (secondary N) is 1. The topological polar surface area (TPSA) is 56.8 Å². The van der Waals surface area contributed by atoms with Gasteiger partial charge in [0.25, 0.3) is 5.91 Å². The van der Waals surface area contributed by atoms with E-state index in [9.17, 15) is 13.6 Å². The van der Waals surface area contributed by atoms with Crippen LogP contribution < -0.4 is 14.8 Å².